The van der Waals surface area contributed by atoms with Gasteiger partial charge in [0.05, 0.1) is 6.42 Å². The minimum Gasteiger partial charge on any atom is -0.444 e. The third kappa shape index (κ3) is 6.55. The molecule has 2 fully saturated rings. The van der Waals surface area contributed by atoms with Crippen LogP contribution in [0.5, 0.6) is 0 Å². The van der Waals surface area contributed by atoms with Gasteiger partial charge >= 0.3 is 6.09 Å². The van der Waals surface area contributed by atoms with E-state index in [0.29, 0.717) is 29.0 Å². The maximum atomic E-state index is 13.5. The Kier molecular flexibility index (Phi) is 8.64. The molecule has 0 spiro atoms. The molecule has 1 saturated carbocycles. The Morgan fingerprint density at radius 3 is 2.64 bits per heavy atom. The van der Waals surface area contributed by atoms with Crippen molar-refractivity contribution in [2.75, 3.05) is 18.9 Å². The van der Waals surface area contributed by atoms with Crippen molar-refractivity contribution in [1.82, 2.24) is 14.8 Å². The lowest BCUT2D eigenvalue weighted by Crippen LogP contribution is -2.47. The first-order valence-corrected chi connectivity index (χ1v) is 13.2. The largest absolute Gasteiger partial charge is 0.444 e. The molecule has 1 aromatic heterocycles. The van der Waals surface area contributed by atoms with Crippen molar-refractivity contribution in [3.8, 4) is 0 Å². The molecule has 196 valence electrons. The molecule has 9 heteroatoms. The van der Waals surface area contributed by atoms with Crippen molar-refractivity contribution in [3.05, 3.63) is 47.6 Å². The molecule has 1 N–H and O–H groups in total. The molecule has 0 unspecified atom stereocenters. The highest BCUT2D eigenvalue weighted by Crippen LogP contribution is 2.60. The van der Waals surface area contributed by atoms with Crippen molar-refractivity contribution >= 4 is 39.7 Å². The Morgan fingerprint density at radius 2 is 2.00 bits per heavy atom. The lowest BCUT2D eigenvalue weighted by molar-refractivity contribution is -0.129. The Labute approximate surface area is 222 Å². The molecule has 3 atom stereocenters. The minimum absolute atomic E-state index is 0.0590. The molecule has 0 bridgehead atoms. The number of unbranched alkanes of at least 4 members (excludes halogenated alkanes) is 2. The fraction of sp³-hybridized carbons (Fsp3) is 0.556. The number of likely N-dealkylation sites (tertiary alicyclic amines) is 1. The molecule has 8 nitrogen and oxygen atoms in total. The monoisotopic (exact) mass is 560 g/mol. The lowest BCUT2D eigenvalue weighted by atomic mass is 9.99. The summed E-state index contributed by atoms with van der Waals surface area (Å²) >= 11 is 3.35. The van der Waals surface area contributed by atoms with E-state index in [-0.39, 0.29) is 29.7 Å². The van der Waals surface area contributed by atoms with Crippen LogP contribution in [0.3, 0.4) is 0 Å². The van der Waals surface area contributed by atoms with Crippen LogP contribution in [0, 0.1) is 5.41 Å². The first-order valence-electron chi connectivity index (χ1n) is 12.4. The molecule has 36 heavy (non-hydrogen) atoms. The van der Waals surface area contributed by atoms with Gasteiger partial charge in [-0.05, 0) is 74.9 Å². The van der Waals surface area contributed by atoms with Crippen LogP contribution in [0.4, 0.5) is 10.6 Å². The fourth-order valence-corrected chi connectivity index (χ4v) is 4.95. The zero-order valence-corrected chi connectivity index (χ0v) is 23.3. The smallest absolute Gasteiger partial charge is 0.411 e. The number of rotatable bonds is 10. The molecule has 1 aliphatic heterocycles. The summed E-state index contributed by atoms with van der Waals surface area (Å²) < 4.78 is 6.14. The molecule has 3 amide bonds. The van der Waals surface area contributed by atoms with Gasteiger partial charge in [-0.1, -0.05) is 18.2 Å². The highest BCUT2D eigenvalue weighted by Gasteiger charge is 2.66. The number of allylic oxidation sites excluding steroid dienone is 1. The number of likely N-dealkylation sites (N-methyl/N-ethyl adjacent to an activating group) is 1. The standard InChI is InChI=1S/C27H37BrN4O4/c1-7-9-10-11-14-31(6)22(33)15-18-12-13-21(28)29-23(18)30-24(34)19-16-27(8-2)17-20(27)32(19)25(35)36-26(3,4)5/h7-8,12-13,19-20H,1-2,9-11,14-17H2,3-6H3,(H,29,30,34)/t19-,20+,27-/m0/s1. The number of piperidine rings is 1. The summed E-state index contributed by atoms with van der Waals surface area (Å²) in [5, 5.41) is 2.88. The highest BCUT2D eigenvalue weighted by molar-refractivity contribution is 9.10. The van der Waals surface area contributed by atoms with E-state index in [1.807, 2.05) is 12.2 Å². The van der Waals surface area contributed by atoms with Gasteiger partial charge in [-0.25, -0.2) is 9.78 Å². The summed E-state index contributed by atoms with van der Waals surface area (Å²) in [5.74, 6) is -0.108. The van der Waals surface area contributed by atoms with Crippen molar-refractivity contribution in [2.24, 2.45) is 5.41 Å². The van der Waals surface area contributed by atoms with E-state index in [0.717, 1.165) is 25.7 Å². The first-order chi connectivity index (χ1) is 16.9. The van der Waals surface area contributed by atoms with E-state index in [2.05, 4.69) is 39.4 Å². The van der Waals surface area contributed by atoms with Crippen molar-refractivity contribution in [3.63, 3.8) is 0 Å². The maximum Gasteiger partial charge on any atom is 0.411 e. The second-order valence-corrected chi connectivity index (χ2v) is 11.5. The topological polar surface area (TPSA) is 91.8 Å². The van der Waals surface area contributed by atoms with Crippen LogP contribution in [-0.4, -0.2) is 64.0 Å². The van der Waals surface area contributed by atoms with E-state index >= 15 is 0 Å². The highest BCUT2D eigenvalue weighted by atomic mass is 79.9. The summed E-state index contributed by atoms with van der Waals surface area (Å²) in [7, 11) is 1.78. The average Bonchev–Trinajstić information content (AvgIpc) is 3.40. The molecule has 1 aromatic rings. The molecule has 0 radical (unpaired) electrons. The SMILES string of the molecule is C=CCCCCN(C)C(=O)Cc1ccc(Br)nc1NC(=O)[C@@H]1C[C@@]2(C=C)C[C@H]2N1C(=O)OC(C)(C)C. The van der Waals surface area contributed by atoms with E-state index < -0.39 is 17.7 Å². The Bertz CT molecular complexity index is 1040. The molecule has 2 aliphatic rings. The van der Waals surface area contributed by atoms with Gasteiger partial charge in [-0.2, -0.15) is 0 Å². The number of anilines is 1. The van der Waals surface area contributed by atoms with Crippen LogP contribution >= 0.6 is 15.9 Å². The number of halogens is 1. The summed E-state index contributed by atoms with van der Waals surface area (Å²) in [6.07, 6.45) is 7.35. The quantitative estimate of drug-likeness (QED) is 0.244. The Balaban J connectivity index is 1.73. The van der Waals surface area contributed by atoms with Crippen molar-refractivity contribution < 1.29 is 19.1 Å². The number of carbonyl (C=O) groups excluding carboxylic acids is 3. The number of nitrogens with zero attached hydrogens (tertiary/aromatic N) is 3. The second kappa shape index (κ2) is 11.2. The van der Waals surface area contributed by atoms with E-state index in [9.17, 15) is 14.4 Å². The van der Waals surface area contributed by atoms with Crippen LogP contribution in [0.1, 0.15) is 58.4 Å². The average molecular weight is 562 g/mol. The molecular formula is C27H37BrN4O4. The number of fused-ring (bicyclic) bond motifs is 1. The summed E-state index contributed by atoms with van der Waals surface area (Å²) in [6.45, 7) is 13.7. The number of pyridine rings is 1. The number of aromatic nitrogens is 1. The molecule has 2 heterocycles. The number of hydrogen-bond acceptors (Lipinski definition) is 5. The summed E-state index contributed by atoms with van der Waals surface area (Å²) in [6, 6.07) is 2.70. The predicted molar refractivity (Wildman–Crippen MR) is 143 cm³/mol. The Morgan fingerprint density at radius 1 is 1.28 bits per heavy atom. The zero-order chi connectivity index (χ0) is 26.7. The van der Waals surface area contributed by atoms with Gasteiger partial charge in [0.15, 0.2) is 0 Å². The number of amides is 3. The molecule has 1 saturated heterocycles. The van der Waals surface area contributed by atoms with Gasteiger partial charge < -0.3 is 15.0 Å². The van der Waals surface area contributed by atoms with Gasteiger partial charge in [-0.15, -0.1) is 13.2 Å². The number of hydrogen-bond donors (Lipinski definition) is 1. The van der Waals surface area contributed by atoms with Crippen molar-refractivity contribution in [1.29, 1.82) is 0 Å². The normalized spacial score (nSPS) is 22.4. The zero-order valence-electron chi connectivity index (χ0n) is 21.7. The van der Waals surface area contributed by atoms with E-state index in [1.165, 1.54) is 0 Å². The number of carbonyl (C=O) groups is 3. The van der Waals surface area contributed by atoms with E-state index in [4.69, 9.17) is 4.74 Å². The van der Waals surface area contributed by atoms with Crippen LogP contribution in [0.15, 0.2) is 42.0 Å². The lowest BCUT2D eigenvalue weighted by Gasteiger charge is -2.29. The van der Waals surface area contributed by atoms with Gasteiger partial charge in [0, 0.05) is 30.6 Å². The molecule has 1 aliphatic carbocycles. The minimum atomic E-state index is -0.714. The predicted octanol–water partition coefficient (Wildman–Crippen LogP) is 5.09. The van der Waals surface area contributed by atoms with Crippen LogP contribution < -0.4 is 5.32 Å². The maximum absolute atomic E-state index is 13.5. The van der Waals surface area contributed by atoms with Gasteiger partial charge in [0.25, 0.3) is 0 Å². The van der Waals surface area contributed by atoms with Gasteiger partial charge in [-0.3, -0.25) is 14.5 Å². The van der Waals surface area contributed by atoms with Crippen LogP contribution in [0.25, 0.3) is 0 Å². The first kappa shape index (κ1) is 27.9. The second-order valence-electron chi connectivity index (χ2n) is 10.7. The van der Waals surface area contributed by atoms with Crippen molar-refractivity contribution in [2.45, 2.75) is 77.0 Å². The third-order valence-electron chi connectivity index (χ3n) is 6.74. The third-order valence-corrected chi connectivity index (χ3v) is 7.18. The summed E-state index contributed by atoms with van der Waals surface area (Å²) in [5.41, 5.74) is -0.333. The molecular weight excluding hydrogens is 524 g/mol. The van der Waals surface area contributed by atoms with E-state index in [1.54, 1.807) is 49.8 Å². The van der Waals surface area contributed by atoms with Crippen LogP contribution in [-0.2, 0) is 20.7 Å². The van der Waals surface area contributed by atoms with Gasteiger partial charge in [0.2, 0.25) is 11.8 Å². The number of ether oxygens (including phenoxy) is 1. The molecule has 0 aromatic carbocycles. The van der Waals surface area contributed by atoms with Crippen LogP contribution in [0.2, 0.25) is 0 Å². The summed E-state index contributed by atoms with van der Waals surface area (Å²) in [4.78, 5) is 47.0. The number of nitrogens with one attached hydrogen (secondary N) is 1. The van der Waals surface area contributed by atoms with Gasteiger partial charge in [0.1, 0.15) is 22.1 Å². The fourth-order valence-electron chi connectivity index (χ4n) is 4.64. The molecule has 3 rings (SSSR count). The Hall–Kier alpha value is -2.68.